The summed E-state index contributed by atoms with van der Waals surface area (Å²) in [7, 11) is 0. The molecule has 2 nitrogen and oxygen atoms in total. The van der Waals surface area contributed by atoms with Gasteiger partial charge in [0.1, 0.15) is 6.10 Å². The Kier molecular flexibility index (Phi) is 6.61. The lowest BCUT2D eigenvalue weighted by atomic mass is 9.96. The first kappa shape index (κ1) is 18.3. The molecule has 2 heteroatoms. The standard InChI is InChI=1S/C22H27NO/c1-17(2)23(18(3)4)16-10-15-22(24)21-14-9-8-13-20(21)19-11-6-5-7-12-19/h5-9,11-14,17-18,22,24H,16H2,1-4H3. The molecule has 0 aliphatic rings. The maximum Gasteiger partial charge on any atom is 0.140 e. The van der Waals surface area contributed by atoms with Crippen molar-refractivity contribution in [3.63, 3.8) is 0 Å². The zero-order chi connectivity index (χ0) is 17.5. The first-order valence-electron chi connectivity index (χ1n) is 8.57. The van der Waals surface area contributed by atoms with Crippen molar-refractivity contribution in [2.24, 2.45) is 0 Å². The molecule has 0 aliphatic carbocycles. The summed E-state index contributed by atoms with van der Waals surface area (Å²) >= 11 is 0. The molecule has 1 N–H and O–H groups in total. The maximum absolute atomic E-state index is 10.6. The van der Waals surface area contributed by atoms with Crippen LogP contribution in [0.3, 0.4) is 0 Å². The molecule has 0 amide bonds. The molecule has 0 radical (unpaired) electrons. The second-order valence-electron chi connectivity index (χ2n) is 6.54. The summed E-state index contributed by atoms with van der Waals surface area (Å²) < 4.78 is 0. The highest BCUT2D eigenvalue weighted by atomic mass is 16.3. The van der Waals surface area contributed by atoms with E-state index in [4.69, 9.17) is 0 Å². The molecule has 126 valence electrons. The van der Waals surface area contributed by atoms with E-state index in [0.717, 1.165) is 16.7 Å². The van der Waals surface area contributed by atoms with Gasteiger partial charge in [-0.3, -0.25) is 4.90 Å². The van der Waals surface area contributed by atoms with Crippen LogP contribution in [-0.2, 0) is 0 Å². The maximum atomic E-state index is 10.6. The molecular formula is C22H27NO. The molecular weight excluding hydrogens is 294 g/mol. The molecule has 0 saturated carbocycles. The largest absolute Gasteiger partial charge is 0.376 e. The molecule has 2 aromatic rings. The van der Waals surface area contributed by atoms with Gasteiger partial charge in [-0.25, -0.2) is 0 Å². The molecule has 0 aliphatic heterocycles. The first-order valence-corrected chi connectivity index (χ1v) is 8.57. The minimum Gasteiger partial charge on any atom is -0.376 e. The summed E-state index contributed by atoms with van der Waals surface area (Å²) in [6, 6.07) is 18.9. The molecule has 2 aromatic carbocycles. The summed E-state index contributed by atoms with van der Waals surface area (Å²) in [5.74, 6) is 6.16. The van der Waals surface area contributed by atoms with E-state index in [2.05, 4.69) is 56.6 Å². The Balaban J connectivity index is 2.20. The van der Waals surface area contributed by atoms with Crippen LogP contribution in [0.4, 0.5) is 0 Å². The van der Waals surface area contributed by atoms with Crippen LogP contribution >= 0.6 is 0 Å². The Morgan fingerprint density at radius 3 is 2.08 bits per heavy atom. The van der Waals surface area contributed by atoms with Crippen LogP contribution in [0.1, 0.15) is 39.4 Å². The topological polar surface area (TPSA) is 23.5 Å². The molecule has 2 rings (SSSR count). The van der Waals surface area contributed by atoms with Gasteiger partial charge in [-0.05, 0) is 38.8 Å². The van der Waals surface area contributed by atoms with E-state index in [1.165, 1.54) is 0 Å². The van der Waals surface area contributed by atoms with E-state index in [9.17, 15) is 5.11 Å². The third kappa shape index (κ3) is 4.71. The predicted octanol–water partition coefficient (Wildman–Crippen LogP) is 4.51. The summed E-state index contributed by atoms with van der Waals surface area (Å²) in [5.41, 5.74) is 2.99. The number of hydrogen-bond acceptors (Lipinski definition) is 2. The zero-order valence-electron chi connectivity index (χ0n) is 15.0. The zero-order valence-corrected chi connectivity index (χ0v) is 15.0. The monoisotopic (exact) mass is 321 g/mol. The fourth-order valence-electron chi connectivity index (χ4n) is 2.89. The van der Waals surface area contributed by atoms with E-state index in [1.807, 2.05) is 42.5 Å². The number of aliphatic hydroxyl groups is 1. The highest BCUT2D eigenvalue weighted by molar-refractivity contribution is 5.68. The van der Waals surface area contributed by atoms with Crippen LogP contribution < -0.4 is 0 Å². The number of nitrogens with zero attached hydrogens (tertiary/aromatic N) is 1. The predicted molar refractivity (Wildman–Crippen MR) is 102 cm³/mol. The van der Waals surface area contributed by atoms with Crippen molar-refractivity contribution in [3.8, 4) is 23.0 Å². The fraction of sp³-hybridized carbons (Fsp3) is 0.364. The minimum absolute atomic E-state index is 0.438. The van der Waals surface area contributed by atoms with Gasteiger partial charge < -0.3 is 5.11 Å². The van der Waals surface area contributed by atoms with Crippen molar-refractivity contribution in [2.75, 3.05) is 6.54 Å². The highest BCUT2D eigenvalue weighted by Gasteiger charge is 2.13. The van der Waals surface area contributed by atoms with Crippen LogP contribution in [0, 0.1) is 11.8 Å². The Bertz CT molecular complexity index is 687. The van der Waals surface area contributed by atoms with Crippen LogP contribution in [0.15, 0.2) is 54.6 Å². The molecule has 1 atom stereocenters. The lowest BCUT2D eigenvalue weighted by Gasteiger charge is -2.28. The average Bonchev–Trinajstić information content (AvgIpc) is 2.58. The number of aliphatic hydroxyl groups excluding tert-OH is 1. The van der Waals surface area contributed by atoms with Crippen molar-refractivity contribution in [2.45, 2.75) is 45.9 Å². The van der Waals surface area contributed by atoms with Gasteiger partial charge in [0, 0.05) is 17.6 Å². The second-order valence-corrected chi connectivity index (χ2v) is 6.54. The van der Waals surface area contributed by atoms with E-state index in [0.29, 0.717) is 18.6 Å². The second kappa shape index (κ2) is 8.68. The summed E-state index contributed by atoms with van der Waals surface area (Å²) in [6.45, 7) is 9.34. The number of rotatable bonds is 5. The highest BCUT2D eigenvalue weighted by Crippen LogP contribution is 2.27. The van der Waals surface area contributed by atoms with Gasteiger partial charge in [-0.1, -0.05) is 66.4 Å². The lowest BCUT2D eigenvalue weighted by Crippen LogP contribution is -2.37. The molecule has 0 heterocycles. The van der Waals surface area contributed by atoms with Crippen LogP contribution in [0.25, 0.3) is 11.1 Å². The number of hydrogen-bond donors (Lipinski definition) is 1. The Labute approximate surface area is 146 Å². The minimum atomic E-state index is -0.775. The fourth-order valence-corrected chi connectivity index (χ4v) is 2.89. The van der Waals surface area contributed by atoms with E-state index < -0.39 is 6.10 Å². The van der Waals surface area contributed by atoms with Crippen molar-refractivity contribution >= 4 is 0 Å². The van der Waals surface area contributed by atoms with Gasteiger partial charge in [0.25, 0.3) is 0 Å². The van der Waals surface area contributed by atoms with Crippen molar-refractivity contribution < 1.29 is 5.11 Å². The third-order valence-electron chi connectivity index (χ3n) is 4.17. The van der Waals surface area contributed by atoms with Gasteiger partial charge in [-0.2, -0.15) is 0 Å². The van der Waals surface area contributed by atoms with Gasteiger partial charge in [0.05, 0.1) is 6.54 Å². The van der Waals surface area contributed by atoms with Gasteiger partial charge in [-0.15, -0.1) is 0 Å². The quantitative estimate of drug-likeness (QED) is 0.819. The van der Waals surface area contributed by atoms with Gasteiger partial charge >= 0.3 is 0 Å². The van der Waals surface area contributed by atoms with Crippen LogP contribution in [-0.4, -0.2) is 28.6 Å². The van der Waals surface area contributed by atoms with E-state index in [1.54, 1.807) is 0 Å². The van der Waals surface area contributed by atoms with Crippen molar-refractivity contribution in [1.29, 1.82) is 0 Å². The third-order valence-corrected chi connectivity index (χ3v) is 4.17. The molecule has 1 unspecified atom stereocenters. The SMILES string of the molecule is CC(C)N(CC#CC(O)c1ccccc1-c1ccccc1)C(C)C. The lowest BCUT2D eigenvalue weighted by molar-refractivity contribution is 0.199. The molecule has 0 spiro atoms. The Morgan fingerprint density at radius 1 is 0.875 bits per heavy atom. The van der Waals surface area contributed by atoms with Crippen molar-refractivity contribution in [1.82, 2.24) is 4.90 Å². The van der Waals surface area contributed by atoms with Gasteiger partial charge in [0.15, 0.2) is 0 Å². The summed E-state index contributed by atoms with van der Waals surface area (Å²) in [4.78, 5) is 2.31. The number of benzene rings is 2. The van der Waals surface area contributed by atoms with E-state index >= 15 is 0 Å². The van der Waals surface area contributed by atoms with Crippen LogP contribution in [0.5, 0.6) is 0 Å². The smallest absolute Gasteiger partial charge is 0.140 e. The molecule has 0 saturated heterocycles. The Hall–Kier alpha value is -2.08. The summed E-state index contributed by atoms with van der Waals surface area (Å²) in [6.07, 6.45) is -0.775. The van der Waals surface area contributed by atoms with Crippen molar-refractivity contribution in [3.05, 3.63) is 60.2 Å². The first-order chi connectivity index (χ1) is 11.5. The molecule has 0 fully saturated rings. The Morgan fingerprint density at radius 2 is 1.46 bits per heavy atom. The summed E-state index contributed by atoms with van der Waals surface area (Å²) in [5, 5.41) is 10.6. The average molecular weight is 321 g/mol. The molecule has 0 aromatic heterocycles. The molecule has 24 heavy (non-hydrogen) atoms. The molecule has 0 bridgehead atoms. The van der Waals surface area contributed by atoms with Gasteiger partial charge in [0.2, 0.25) is 0 Å². The normalized spacial score (nSPS) is 12.3. The van der Waals surface area contributed by atoms with Crippen LogP contribution in [0.2, 0.25) is 0 Å². The van der Waals surface area contributed by atoms with E-state index in [-0.39, 0.29) is 0 Å².